The van der Waals surface area contributed by atoms with Crippen molar-refractivity contribution in [3.8, 4) is 5.75 Å². The largest absolute Gasteiger partial charge is 0.491 e. The average molecular weight is 268 g/mol. The normalized spacial score (nSPS) is 10.2. The number of hydrogen-bond donors (Lipinski definition) is 2. The van der Waals surface area contributed by atoms with Crippen LogP contribution in [0.4, 0.5) is 0 Å². The van der Waals surface area contributed by atoms with Gasteiger partial charge in [0.05, 0.1) is 6.61 Å². The summed E-state index contributed by atoms with van der Waals surface area (Å²) < 4.78 is 15.7. The lowest BCUT2D eigenvalue weighted by Gasteiger charge is -2.08. The van der Waals surface area contributed by atoms with E-state index in [0.29, 0.717) is 37.7 Å². The Morgan fingerprint density at radius 3 is 2.84 bits per heavy atom. The summed E-state index contributed by atoms with van der Waals surface area (Å²) in [5, 5.41) is 0. The number of rotatable bonds is 9. The van der Waals surface area contributed by atoms with Gasteiger partial charge in [-0.3, -0.25) is 10.2 Å². The Bertz CT molecular complexity index is 385. The number of nitrogens with two attached hydrogens (primary N) is 1. The van der Waals surface area contributed by atoms with Crippen LogP contribution in [0.5, 0.6) is 5.75 Å². The molecule has 1 rings (SSSR count). The number of nitrogens with one attached hydrogen (secondary N) is 1. The standard InChI is InChI=1S/C13H20N2O4/c1-17-6-3-7-18-8-9-19-12-5-2-4-11(10-12)13(16)15-14/h2,4-5,10H,3,6-9,14H2,1H3,(H,15,16). The third-order valence-corrected chi connectivity index (χ3v) is 2.36. The molecule has 6 nitrogen and oxygen atoms in total. The summed E-state index contributed by atoms with van der Waals surface area (Å²) in [6, 6.07) is 6.81. The van der Waals surface area contributed by atoms with Crippen LogP contribution < -0.4 is 16.0 Å². The fraction of sp³-hybridized carbons (Fsp3) is 0.462. The maximum atomic E-state index is 11.3. The van der Waals surface area contributed by atoms with E-state index in [0.717, 1.165) is 6.42 Å². The molecule has 1 aromatic carbocycles. The summed E-state index contributed by atoms with van der Waals surface area (Å²) in [5.74, 6) is 5.33. The number of carbonyl (C=O) groups excluding carboxylic acids is 1. The first-order valence-corrected chi connectivity index (χ1v) is 6.08. The fourth-order valence-corrected chi connectivity index (χ4v) is 1.44. The van der Waals surface area contributed by atoms with E-state index in [9.17, 15) is 4.79 Å². The van der Waals surface area contributed by atoms with Crippen LogP contribution in [0.15, 0.2) is 24.3 Å². The highest BCUT2D eigenvalue weighted by atomic mass is 16.5. The first-order chi connectivity index (χ1) is 9.27. The van der Waals surface area contributed by atoms with Crippen molar-refractivity contribution in [3.05, 3.63) is 29.8 Å². The molecule has 0 bridgehead atoms. The molecule has 0 saturated heterocycles. The smallest absolute Gasteiger partial charge is 0.265 e. The molecule has 0 radical (unpaired) electrons. The maximum absolute atomic E-state index is 11.3. The van der Waals surface area contributed by atoms with E-state index in [4.69, 9.17) is 20.1 Å². The molecular formula is C13H20N2O4. The fourth-order valence-electron chi connectivity index (χ4n) is 1.44. The molecule has 0 heterocycles. The number of amides is 1. The summed E-state index contributed by atoms with van der Waals surface area (Å²) in [6.07, 6.45) is 0.864. The topological polar surface area (TPSA) is 82.8 Å². The zero-order chi connectivity index (χ0) is 13.9. The van der Waals surface area contributed by atoms with Crippen LogP contribution in [0, 0.1) is 0 Å². The monoisotopic (exact) mass is 268 g/mol. The minimum absolute atomic E-state index is 0.346. The number of benzene rings is 1. The van der Waals surface area contributed by atoms with Crippen molar-refractivity contribution in [2.24, 2.45) is 5.84 Å². The first-order valence-electron chi connectivity index (χ1n) is 6.08. The van der Waals surface area contributed by atoms with E-state index < -0.39 is 0 Å². The van der Waals surface area contributed by atoms with Crippen LogP contribution in [0.1, 0.15) is 16.8 Å². The van der Waals surface area contributed by atoms with E-state index in [2.05, 4.69) is 5.43 Å². The lowest BCUT2D eigenvalue weighted by atomic mass is 10.2. The van der Waals surface area contributed by atoms with Crippen molar-refractivity contribution < 1.29 is 19.0 Å². The Hall–Kier alpha value is -1.63. The molecule has 0 fully saturated rings. The summed E-state index contributed by atoms with van der Waals surface area (Å²) in [4.78, 5) is 11.3. The van der Waals surface area contributed by atoms with Crippen LogP contribution in [-0.4, -0.2) is 39.4 Å². The summed E-state index contributed by atoms with van der Waals surface area (Å²) >= 11 is 0. The average Bonchev–Trinajstić information content (AvgIpc) is 2.46. The SMILES string of the molecule is COCCCOCCOc1cccc(C(=O)NN)c1. The minimum atomic E-state index is -0.346. The number of ether oxygens (including phenoxy) is 3. The third kappa shape index (κ3) is 6.19. The Balaban J connectivity index is 2.24. The highest BCUT2D eigenvalue weighted by molar-refractivity contribution is 5.94. The van der Waals surface area contributed by atoms with Crippen molar-refractivity contribution in [1.82, 2.24) is 5.43 Å². The van der Waals surface area contributed by atoms with Gasteiger partial charge in [-0.25, -0.2) is 5.84 Å². The van der Waals surface area contributed by atoms with Gasteiger partial charge in [0.15, 0.2) is 0 Å². The highest BCUT2D eigenvalue weighted by Gasteiger charge is 2.04. The molecule has 0 unspecified atom stereocenters. The molecule has 0 aromatic heterocycles. The van der Waals surface area contributed by atoms with Crippen molar-refractivity contribution >= 4 is 5.91 Å². The maximum Gasteiger partial charge on any atom is 0.265 e. The van der Waals surface area contributed by atoms with Crippen molar-refractivity contribution in [2.45, 2.75) is 6.42 Å². The van der Waals surface area contributed by atoms with Crippen molar-refractivity contribution in [2.75, 3.05) is 33.5 Å². The molecule has 3 N–H and O–H groups in total. The lowest BCUT2D eigenvalue weighted by molar-refractivity contribution is 0.0806. The third-order valence-electron chi connectivity index (χ3n) is 2.36. The summed E-state index contributed by atoms with van der Waals surface area (Å²) in [5.41, 5.74) is 2.53. The van der Waals surface area contributed by atoms with E-state index in [1.165, 1.54) is 0 Å². The van der Waals surface area contributed by atoms with E-state index in [1.54, 1.807) is 31.4 Å². The quantitative estimate of drug-likeness (QED) is 0.298. The molecule has 106 valence electrons. The Labute approximate surface area is 112 Å². The summed E-state index contributed by atoms with van der Waals surface area (Å²) in [7, 11) is 1.66. The Morgan fingerprint density at radius 2 is 2.11 bits per heavy atom. The minimum Gasteiger partial charge on any atom is -0.491 e. The van der Waals surface area contributed by atoms with Gasteiger partial charge < -0.3 is 14.2 Å². The molecule has 6 heteroatoms. The molecule has 0 aliphatic carbocycles. The highest BCUT2D eigenvalue weighted by Crippen LogP contribution is 2.12. The molecule has 0 atom stereocenters. The van der Waals surface area contributed by atoms with Gasteiger partial charge in [0.25, 0.3) is 5.91 Å². The van der Waals surface area contributed by atoms with Gasteiger partial charge in [-0.2, -0.15) is 0 Å². The van der Waals surface area contributed by atoms with Crippen molar-refractivity contribution in [3.63, 3.8) is 0 Å². The zero-order valence-electron chi connectivity index (χ0n) is 11.1. The zero-order valence-corrected chi connectivity index (χ0v) is 11.1. The molecule has 0 saturated carbocycles. The molecule has 1 aromatic rings. The number of carbonyl (C=O) groups is 1. The van der Waals surface area contributed by atoms with E-state index >= 15 is 0 Å². The van der Waals surface area contributed by atoms with Gasteiger partial charge in [-0.15, -0.1) is 0 Å². The predicted molar refractivity (Wildman–Crippen MR) is 70.9 cm³/mol. The molecule has 19 heavy (non-hydrogen) atoms. The molecule has 1 amide bonds. The number of hydrazine groups is 1. The summed E-state index contributed by atoms with van der Waals surface area (Å²) in [6.45, 7) is 2.27. The van der Waals surface area contributed by atoms with Crippen LogP contribution in [0.3, 0.4) is 0 Å². The first kappa shape index (κ1) is 15.4. The molecule has 0 aliphatic rings. The van der Waals surface area contributed by atoms with Crippen molar-refractivity contribution in [1.29, 1.82) is 0 Å². The predicted octanol–water partition coefficient (Wildman–Crippen LogP) is 0.722. The van der Waals surface area contributed by atoms with Gasteiger partial charge in [-0.05, 0) is 24.6 Å². The second-order valence-electron chi connectivity index (χ2n) is 3.81. The van der Waals surface area contributed by atoms with Crippen LogP contribution in [-0.2, 0) is 9.47 Å². The number of hydrogen-bond acceptors (Lipinski definition) is 5. The van der Waals surface area contributed by atoms with E-state index in [-0.39, 0.29) is 5.91 Å². The van der Waals surface area contributed by atoms with E-state index in [1.807, 2.05) is 0 Å². The number of methoxy groups -OCH3 is 1. The Kier molecular flexibility index (Phi) is 7.57. The second-order valence-corrected chi connectivity index (χ2v) is 3.81. The molecular weight excluding hydrogens is 248 g/mol. The van der Waals surface area contributed by atoms with Crippen LogP contribution in [0.25, 0.3) is 0 Å². The van der Waals surface area contributed by atoms with Gasteiger partial charge in [0.1, 0.15) is 12.4 Å². The molecule has 0 spiro atoms. The Morgan fingerprint density at radius 1 is 1.26 bits per heavy atom. The lowest BCUT2D eigenvalue weighted by Crippen LogP contribution is -2.29. The van der Waals surface area contributed by atoms with Gasteiger partial charge in [0, 0.05) is 25.9 Å². The van der Waals surface area contributed by atoms with Gasteiger partial charge >= 0.3 is 0 Å². The van der Waals surface area contributed by atoms with Gasteiger partial charge in [0.2, 0.25) is 0 Å². The molecule has 0 aliphatic heterocycles. The van der Waals surface area contributed by atoms with Crippen LogP contribution in [0.2, 0.25) is 0 Å². The van der Waals surface area contributed by atoms with Gasteiger partial charge in [-0.1, -0.05) is 6.07 Å². The second kappa shape index (κ2) is 9.32. The number of nitrogen functional groups attached to an aromatic ring is 1. The van der Waals surface area contributed by atoms with Crippen LogP contribution >= 0.6 is 0 Å².